The molecule has 1 aromatic carbocycles. The molecule has 1 aliphatic heterocycles. The zero-order valence-electron chi connectivity index (χ0n) is 15.6. The van der Waals surface area contributed by atoms with Gasteiger partial charge < -0.3 is 14.0 Å². The molecule has 146 valence electrons. The Hall–Kier alpha value is -2.23. The molecule has 9 heteroatoms. The van der Waals surface area contributed by atoms with E-state index in [-0.39, 0.29) is 36.6 Å². The van der Waals surface area contributed by atoms with Crippen molar-refractivity contribution >= 4 is 15.8 Å². The molecular formula is C18H23N3O5S. The van der Waals surface area contributed by atoms with E-state index in [2.05, 4.69) is 4.98 Å². The van der Waals surface area contributed by atoms with E-state index < -0.39 is 10.0 Å². The highest BCUT2D eigenvalue weighted by molar-refractivity contribution is 7.89. The van der Waals surface area contributed by atoms with Crippen LogP contribution in [0.5, 0.6) is 5.75 Å². The highest BCUT2D eigenvalue weighted by atomic mass is 32.2. The fourth-order valence-corrected chi connectivity index (χ4v) is 4.40. The van der Waals surface area contributed by atoms with Crippen molar-refractivity contribution in [3.8, 4) is 5.75 Å². The Labute approximate surface area is 158 Å². The minimum atomic E-state index is -3.65. The Kier molecular flexibility index (Phi) is 5.64. The number of Topliss-reactive ketones (excluding diaryl/α,β-unsaturated/α-hetero) is 1. The number of hydrogen-bond acceptors (Lipinski definition) is 6. The van der Waals surface area contributed by atoms with E-state index in [0.29, 0.717) is 17.9 Å². The van der Waals surface area contributed by atoms with E-state index in [1.54, 1.807) is 29.8 Å². The maximum atomic E-state index is 12.7. The molecule has 2 aromatic rings. The molecule has 0 bridgehead atoms. The van der Waals surface area contributed by atoms with Crippen LogP contribution in [0.25, 0.3) is 0 Å². The number of ketones is 1. The Morgan fingerprint density at radius 1 is 1.41 bits per heavy atom. The number of imidazole rings is 1. The summed E-state index contributed by atoms with van der Waals surface area (Å²) in [5.74, 6) is 0.621. The molecule has 2 heterocycles. The van der Waals surface area contributed by atoms with Gasteiger partial charge in [-0.25, -0.2) is 13.4 Å². The van der Waals surface area contributed by atoms with Crippen molar-refractivity contribution in [2.24, 2.45) is 7.05 Å². The molecule has 1 aromatic heterocycles. The average Bonchev–Trinajstić information content (AvgIpc) is 3.07. The smallest absolute Gasteiger partial charge is 0.262 e. The maximum absolute atomic E-state index is 12.7. The quantitative estimate of drug-likeness (QED) is 0.689. The molecule has 0 N–H and O–H groups in total. The number of nitrogens with zero attached hydrogens (tertiary/aromatic N) is 3. The maximum Gasteiger partial charge on any atom is 0.262 e. The lowest BCUT2D eigenvalue weighted by Gasteiger charge is -2.31. The van der Waals surface area contributed by atoms with Gasteiger partial charge in [-0.05, 0) is 37.6 Å². The second-order valence-corrected chi connectivity index (χ2v) is 8.46. The lowest BCUT2D eigenvalue weighted by Crippen LogP contribution is -2.47. The summed E-state index contributed by atoms with van der Waals surface area (Å²) in [5, 5.41) is 0.0296. The summed E-state index contributed by atoms with van der Waals surface area (Å²) < 4.78 is 39.7. The van der Waals surface area contributed by atoms with Crippen LogP contribution < -0.4 is 4.74 Å². The Morgan fingerprint density at radius 2 is 2.19 bits per heavy atom. The van der Waals surface area contributed by atoms with Crippen LogP contribution in [0, 0.1) is 6.92 Å². The molecule has 0 amide bonds. The summed E-state index contributed by atoms with van der Waals surface area (Å²) in [6.07, 6.45) is 2.56. The number of hydrogen-bond donors (Lipinski definition) is 0. The van der Waals surface area contributed by atoms with Crippen LogP contribution in [-0.2, 0) is 21.8 Å². The molecule has 3 rings (SSSR count). The third-order valence-electron chi connectivity index (χ3n) is 4.40. The molecule has 1 unspecified atom stereocenters. The number of ether oxygens (including phenoxy) is 2. The summed E-state index contributed by atoms with van der Waals surface area (Å²) in [5.41, 5.74) is 1.49. The first-order valence-corrected chi connectivity index (χ1v) is 10.1. The highest BCUT2D eigenvalue weighted by Gasteiger charge is 2.32. The number of rotatable bonds is 6. The number of carbonyl (C=O) groups excluding carboxylic acids is 1. The Bertz CT molecular complexity index is 938. The first-order chi connectivity index (χ1) is 12.8. The topological polar surface area (TPSA) is 90.7 Å². The van der Waals surface area contributed by atoms with Crippen molar-refractivity contribution in [1.29, 1.82) is 0 Å². The molecule has 8 nitrogen and oxygen atoms in total. The second-order valence-electron chi connectivity index (χ2n) is 6.58. The average molecular weight is 393 g/mol. The van der Waals surface area contributed by atoms with Crippen LogP contribution in [0.2, 0.25) is 0 Å². The van der Waals surface area contributed by atoms with Crippen LogP contribution in [0.3, 0.4) is 0 Å². The summed E-state index contributed by atoms with van der Waals surface area (Å²) in [7, 11) is -1.93. The molecule has 0 saturated carbocycles. The number of morpholine rings is 1. The van der Waals surface area contributed by atoms with E-state index in [0.717, 1.165) is 5.56 Å². The molecule has 0 radical (unpaired) electrons. The number of sulfonamides is 1. The Morgan fingerprint density at radius 3 is 2.81 bits per heavy atom. The fraction of sp³-hybridized carbons (Fsp3) is 0.444. The standard InChI is InChI=1S/C18H23N3O5S/c1-13-8-15(4-5-17(13)14(2)22)26-11-16-9-21(6-7-25-16)27(23,24)18-10-20(3)12-19-18/h4-5,8,10,12,16H,6-7,9,11H2,1-3H3. The summed E-state index contributed by atoms with van der Waals surface area (Å²) in [6, 6.07) is 5.25. The molecule has 27 heavy (non-hydrogen) atoms. The summed E-state index contributed by atoms with van der Waals surface area (Å²) >= 11 is 0. The van der Waals surface area contributed by atoms with Gasteiger partial charge in [0.2, 0.25) is 0 Å². The first-order valence-electron chi connectivity index (χ1n) is 8.61. The highest BCUT2D eigenvalue weighted by Crippen LogP contribution is 2.20. The van der Waals surface area contributed by atoms with Gasteiger partial charge in [-0.3, -0.25) is 4.79 Å². The number of carbonyl (C=O) groups is 1. The van der Waals surface area contributed by atoms with Gasteiger partial charge in [0.05, 0.1) is 12.9 Å². The first kappa shape index (κ1) is 19.5. The summed E-state index contributed by atoms with van der Waals surface area (Å²) in [6.45, 7) is 4.36. The minimum Gasteiger partial charge on any atom is -0.491 e. The predicted octanol–water partition coefficient (Wildman–Crippen LogP) is 1.40. The van der Waals surface area contributed by atoms with Gasteiger partial charge in [0.1, 0.15) is 18.5 Å². The van der Waals surface area contributed by atoms with E-state index >= 15 is 0 Å². The van der Waals surface area contributed by atoms with E-state index in [1.807, 2.05) is 6.92 Å². The summed E-state index contributed by atoms with van der Waals surface area (Å²) in [4.78, 5) is 15.4. The van der Waals surface area contributed by atoms with Gasteiger partial charge in [-0.15, -0.1) is 0 Å². The lowest BCUT2D eigenvalue weighted by atomic mass is 10.1. The van der Waals surface area contributed by atoms with E-state index in [1.165, 1.54) is 23.8 Å². The lowest BCUT2D eigenvalue weighted by molar-refractivity contribution is -0.0250. The van der Waals surface area contributed by atoms with Crippen molar-refractivity contribution in [3.63, 3.8) is 0 Å². The molecule has 0 spiro atoms. The third kappa shape index (κ3) is 4.37. The minimum absolute atomic E-state index is 0.00466. The molecule has 1 atom stereocenters. The van der Waals surface area contributed by atoms with Crippen molar-refractivity contribution in [3.05, 3.63) is 41.9 Å². The van der Waals surface area contributed by atoms with E-state index in [9.17, 15) is 13.2 Å². The van der Waals surface area contributed by atoms with Crippen molar-refractivity contribution in [1.82, 2.24) is 13.9 Å². The molecule has 1 saturated heterocycles. The van der Waals surface area contributed by atoms with Crippen molar-refractivity contribution in [2.75, 3.05) is 26.3 Å². The van der Waals surface area contributed by atoms with Crippen LogP contribution in [0.1, 0.15) is 22.8 Å². The van der Waals surface area contributed by atoms with Gasteiger partial charge in [0.15, 0.2) is 10.8 Å². The van der Waals surface area contributed by atoms with Gasteiger partial charge in [0, 0.05) is 31.9 Å². The third-order valence-corrected chi connectivity index (χ3v) is 6.15. The second kappa shape index (κ2) is 7.79. The fourth-order valence-electron chi connectivity index (χ4n) is 2.98. The van der Waals surface area contributed by atoms with Crippen LogP contribution in [0.15, 0.2) is 35.7 Å². The Balaban J connectivity index is 1.63. The van der Waals surface area contributed by atoms with Gasteiger partial charge in [0.25, 0.3) is 10.0 Å². The van der Waals surface area contributed by atoms with Gasteiger partial charge >= 0.3 is 0 Å². The molecule has 0 aliphatic carbocycles. The van der Waals surface area contributed by atoms with Crippen LogP contribution in [0.4, 0.5) is 0 Å². The van der Waals surface area contributed by atoms with E-state index in [4.69, 9.17) is 9.47 Å². The van der Waals surface area contributed by atoms with Gasteiger partial charge in [-0.2, -0.15) is 4.31 Å². The van der Waals surface area contributed by atoms with Crippen molar-refractivity contribution < 1.29 is 22.7 Å². The van der Waals surface area contributed by atoms with Gasteiger partial charge in [-0.1, -0.05) is 0 Å². The van der Waals surface area contributed by atoms with Crippen LogP contribution in [-0.4, -0.2) is 60.5 Å². The molecule has 1 fully saturated rings. The normalized spacial score (nSPS) is 18.4. The van der Waals surface area contributed by atoms with Crippen LogP contribution >= 0.6 is 0 Å². The largest absolute Gasteiger partial charge is 0.491 e. The SMILES string of the molecule is CC(=O)c1ccc(OCC2CN(S(=O)(=O)c3cn(C)cn3)CCO2)cc1C. The zero-order valence-corrected chi connectivity index (χ0v) is 16.4. The molecule has 1 aliphatic rings. The zero-order chi connectivity index (χ0) is 19.6. The van der Waals surface area contributed by atoms with Crippen molar-refractivity contribution in [2.45, 2.75) is 25.0 Å². The monoisotopic (exact) mass is 393 g/mol. The molecular weight excluding hydrogens is 370 g/mol. The number of aryl methyl sites for hydroxylation is 2. The number of aromatic nitrogens is 2. The number of benzene rings is 1. The predicted molar refractivity (Wildman–Crippen MR) is 98.4 cm³/mol.